The molecule has 2 saturated heterocycles. The second kappa shape index (κ2) is 8.76. The maximum Gasteiger partial charge on any atom is 0.416 e. The number of rotatable bonds is 6. The number of hydrogen-bond acceptors (Lipinski definition) is 5. The van der Waals surface area contributed by atoms with Crippen molar-refractivity contribution < 1.29 is 19.2 Å². The van der Waals surface area contributed by atoms with Crippen molar-refractivity contribution in [3.05, 3.63) is 71.8 Å². The highest BCUT2D eigenvalue weighted by Crippen LogP contribution is 2.43. The minimum absolute atomic E-state index is 0.213. The fourth-order valence-electron chi connectivity index (χ4n) is 4.19. The maximum absolute atomic E-state index is 13.4. The number of carbonyl (C=O) groups excluding carboxylic acids is 2. The van der Waals surface area contributed by atoms with Crippen molar-refractivity contribution in [2.75, 3.05) is 13.2 Å². The van der Waals surface area contributed by atoms with Gasteiger partial charge in [-0.05, 0) is 17.5 Å². The van der Waals surface area contributed by atoms with Crippen LogP contribution in [0.2, 0.25) is 0 Å². The molecule has 2 aromatic rings. The van der Waals surface area contributed by atoms with E-state index in [4.69, 9.17) is 9.57 Å². The highest BCUT2D eigenvalue weighted by molar-refractivity contribution is 5.95. The lowest BCUT2D eigenvalue weighted by Gasteiger charge is -2.27. The van der Waals surface area contributed by atoms with Gasteiger partial charge in [-0.25, -0.2) is 9.69 Å². The molecule has 2 aromatic carbocycles. The van der Waals surface area contributed by atoms with E-state index in [9.17, 15) is 9.59 Å². The van der Waals surface area contributed by atoms with Crippen molar-refractivity contribution in [1.29, 1.82) is 0 Å². The van der Waals surface area contributed by atoms with E-state index in [0.29, 0.717) is 13.1 Å². The average Bonchev–Trinajstić information content (AvgIpc) is 3.33. The first-order valence-electron chi connectivity index (χ1n) is 10.2. The van der Waals surface area contributed by atoms with E-state index in [2.05, 4.69) is 6.92 Å². The van der Waals surface area contributed by atoms with Crippen LogP contribution >= 0.6 is 0 Å². The summed E-state index contributed by atoms with van der Waals surface area (Å²) in [6.07, 6.45) is 0.793. The Morgan fingerprint density at radius 3 is 2.38 bits per heavy atom. The quantitative estimate of drug-likeness (QED) is 0.743. The fraction of sp³-hybridized carbons (Fsp3) is 0.391. The number of ether oxygens (including phenoxy) is 1. The van der Waals surface area contributed by atoms with E-state index in [1.165, 1.54) is 4.90 Å². The number of carbonyl (C=O) groups is 2. The predicted octanol–water partition coefficient (Wildman–Crippen LogP) is 3.94. The minimum atomic E-state index is -0.557. The zero-order valence-electron chi connectivity index (χ0n) is 16.6. The third-order valence-corrected chi connectivity index (χ3v) is 5.53. The van der Waals surface area contributed by atoms with Gasteiger partial charge < -0.3 is 4.74 Å². The van der Waals surface area contributed by atoms with Crippen molar-refractivity contribution in [2.45, 2.75) is 38.5 Å². The van der Waals surface area contributed by atoms with Gasteiger partial charge in [0.2, 0.25) is 5.91 Å². The van der Waals surface area contributed by atoms with Crippen LogP contribution in [0.3, 0.4) is 0 Å². The van der Waals surface area contributed by atoms with Gasteiger partial charge in [0.05, 0.1) is 24.6 Å². The SMILES string of the molecule is CCC[C@@H]1ON(Cc2ccccc2)[C@H](c2ccccc2)[C@H]1C(=O)N1CCOC1=O. The van der Waals surface area contributed by atoms with Gasteiger partial charge >= 0.3 is 6.09 Å². The number of imide groups is 1. The number of hydroxylamine groups is 2. The van der Waals surface area contributed by atoms with Gasteiger partial charge in [-0.3, -0.25) is 9.63 Å². The van der Waals surface area contributed by atoms with Crippen molar-refractivity contribution in [3.8, 4) is 0 Å². The van der Waals surface area contributed by atoms with Crippen LogP contribution in [0.15, 0.2) is 60.7 Å². The van der Waals surface area contributed by atoms with Gasteiger partial charge in [-0.1, -0.05) is 74.0 Å². The smallest absolute Gasteiger partial charge is 0.416 e. The van der Waals surface area contributed by atoms with Gasteiger partial charge in [0.25, 0.3) is 0 Å². The summed E-state index contributed by atoms with van der Waals surface area (Å²) in [4.78, 5) is 33.1. The summed E-state index contributed by atoms with van der Waals surface area (Å²) in [7, 11) is 0. The van der Waals surface area contributed by atoms with Crippen LogP contribution in [0, 0.1) is 5.92 Å². The fourth-order valence-corrected chi connectivity index (χ4v) is 4.19. The Labute approximate surface area is 171 Å². The predicted molar refractivity (Wildman–Crippen MR) is 108 cm³/mol. The molecule has 0 radical (unpaired) electrons. The number of benzene rings is 2. The second-order valence-corrected chi connectivity index (χ2v) is 7.48. The van der Waals surface area contributed by atoms with E-state index in [-0.39, 0.29) is 24.7 Å². The molecule has 6 heteroatoms. The van der Waals surface area contributed by atoms with E-state index < -0.39 is 12.0 Å². The Hall–Kier alpha value is -2.70. The molecule has 3 atom stereocenters. The molecular formula is C23H26N2O4. The molecule has 0 unspecified atom stereocenters. The van der Waals surface area contributed by atoms with Gasteiger partial charge in [-0.15, -0.1) is 0 Å². The molecule has 6 nitrogen and oxygen atoms in total. The van der Waals surface area contributed by atoms with Crippen molar-refractivity contribution in [2.24, 2.45) is 5.92 Å². The Balaban J connectivity index is 1.70. The molecule has 0 N–H and O–H groups in total. The minimum Gasteiger partial charge on any atom is -0.447 e. The van der Waals surface area contributed by atoms with Gasteiger partial charge in [0, 0.05) is 6.54 Å². The molecule has 4 rings (SSSR count). The lowest BCUT2D eigenvalue weighted by Crippen LogP contribution is -2.42. The highest BCUT2D eigenvalue weighted by atomic mass is 16.7. The highest BCUT2D eigenvalue weighted by Gasteiger charge is 2.50. The van der Waals surface area contributed by atoms with Crippen LogP contribution in [0.5, 0.6) is 0 Å². The molecule has 2 fully saturated rings. The van der Waals surface area contributed by atoms with Crippen LogP contribution in [-0.2, 0) is 20.9 Å². The van der Waals surface area contributed by atoms with Crippen molar-refractivity contribution in [1.82, 2.24) is 9.96 Å². The first kappa shape index (κ1) is 19.6. The van der Waals surface area contributed by atoms with Crippen LogP contribution < -0.4 is 0 Å². The van der Waals surface area contributed by atoms with E-state index >= 15 is 0 Å². The summed E-state index contributed by atoms with van der Waals surface area (Å²) in [5.41, 5.74) is 2.12. The first-order valence-corrected chi connectivity index (χ1v) is 10.2. The summed E-state index contributed by atoms with van der Waals surface area (Å²) in [5, 5.41) is 1.91. The lowest BCUT2D eigenvalue weighted by molar-refractivity contribution is -0.172. The first-order chi connectivity index (χ1) is 14.2. The number of amides is 2. The van der Waals surface area contributed by atoms with E-state index in [1.807, 2.05) is 65.7 Å². The van der Waals surface area contributed by atoms with Gasteiger partial charge in [0.1, 0.15) is 6.61 Å². The summed E-state index contributed by atoms with van der Waals surface area (Å²) in [5.74, 6) is -0.679. The molecule has 0 bridgehead atoms. The second-order valence-electron chi connectivity index (χ2n) is 7.48. The standard InChI is InChI=1S/C23H26N2O4/c1-2-9-19-20(22(26)24-14-15-28-23(24)27)21(18-12-7-4-8-13-18)25(29-19)16-17-10-5-3-6-11-17/h3-8,10-13,19-21H,2,9,14-16H2,1H3/t19-,20-,21+/m0/s1. The lowest BCUT2D eigenvalue weighted by atomic mass is 9.86. The Bertz CT molecular complexity index is 842. The molecule has 29 heavy (non-hydrogen) atoms. The van der Waals surface area contributed by atoms with Crippen molar-refractivity contribution in [3.63, 3.8) is 0 Å². The zero-order chi connectivity index (χ0) is 20.2. The Morgan fingerprint density at radius 2 is 1.76 bits per heavy atom. The molecule has 2 aliphatic heterocycles. The van der Waals surface area contributed by atoms with Crippen LogP contribution in [0.4, 0.5) is 4.79 Å². The number of hydrogen-bond donors (Lipinski definition) is 0. The average molecular weight is 394 g/mol. The maximum atomic E-state index is 13.4. The number of nitrogens with zero attached hydrogens (tertiary/aromatic N) is 2. The monoisotopic (exact) mass is 394 g/mol. The largest absolute Gasteiger partial charge is 0.447 e. The summed E-state index contributed by atoms with van der Waals surface area (Å²) < 4.78 is 5.02. The van der Waals surface area contributed by atoms with Gasteiger partial charge in [0.15, 0.2) is 0 Å². The van der Waals surface area contributed by atoms with Crippen molar-refractivity contribution >= 4 is 12.0 Å². The molecule has 0 aliphatic carbocycles. The summed E-state index contributed by atoms with van der Waals surface area (Å²) >= 11 is 0. The summed E-state index contributed by atoms with van der Waals surface area (Å²) in [6.45, 7) is 3.19. The van der Waals surface area contributed by atoms with Gasteiger partial charge in [-0.2, -0.15) is 5.06 Å². The molecular weight excluding hydrogens is 368 g/mol. The number of cyclic esters (lactones) is 1. The Morgan fingerprint density at radius 1 is 1.07 bits per heavy atom. The van der Waals surface area contributed by atoms with E-state index in [1.54, 1.807) is 0 Å². The molecule has 0 spiro atoms. The topological polar surface area (TPSA) is 59.1 Å². The molecule has 2 heterocycles. The third kappa shape index (κ3) is 4.04. The Kier molecular flexibility index (Phi) is 5.92. The van der Waals surface area contributed by atoms with Crippen LogP contribution in [0.25, 0.3) is 0 Å². The molecule has 0 saturated carbocycles. The normalized spacial score (nSPS) is 24.7. The summed E-state index contributed by atoms with van der Waals surface area (Å²) in [6, 6.07) is 19.7. The van der Waals surface area contributed by atoms with E-state index in [0.717, 1.165) is 24.0 Å². The van der Waals surface area contributed by atoms with Crippen LogP contribution in [-0.4, -0.2) is 41.2 Å². The molecule has 0 aromatic heterocycles. The molecule has 2 aliphatic rings. The zero-order valence-corrected chi connectivity index (χ0v) is 16.6. The molecule has 2 amide bonds. The van der Waals surface area contributed by atoms with Crippen LogP contribution in [0.1, 0.15) is 36.9 Å². The third-order valence-electron chi connectivity index (χ3n) is 5.53. The molecule has 152 valence electrons.